The molecule has 3 aromatic rings. The van der Waals surface area contributed by atoms with E-state index in [1.807, 2.05) is 48.5 Å². The van der Waals surface area contributed by atoms with E-state index in [0.29, 0.717) is 18.7 Å². The van der Waals surface area contributed by atoms with Gasteiger partial charge in [0.1, 0.15) is 5.75 Å². The second kappa shape index (κ2) is 11.6. The van der Waals surface area contributed by atoms with Gasteiger partial charge in [-0.25, -0.2) is 0 Å². The molecule has 0 aromatic heterocycles. The van der Waals surface area contributed by atoms with Crippen LogP contribution in [0.3, 0.4) is 0 Å². The van der Waals surface area contributed by atoms with Crippen molar-refractivity contribution in [2.24, 2.45) is 0 Å². The molecule has 0 spiro atoms. The van der Waals surface area contributed by atoms with Crippen molar-refractivity contribution in [1.82, 2.24) is 5.32 Å². The molecule has 0 aliphatic heterocycles. The Kier molecular flexibility index (Phi) is 8.23. The third kappa shape index (κ3) is 7.30. The fraction of sp³-hybridized carbons (Fsp3) is 0.231. The van der Waals surface area contributed by atoms with Crippen LogP contribution in [0.5, 0.6) is 5.75 Å². The quantitative estimate of drug-likeness (QED) is 0.484. The van der Waals surface area contributed by atoms with Crippen LogP contribution in [-0.2, 0) is 16.0 Å². The van der Waals surface area contributed by atoms with E-state index in [1.54, 1.807) is 12.1 Å². The molecular formula is C26H27NO4. The molecule has 1 amide bonds. The van der Waals surface area contributed by atoms with Gasteiger partial charge in [-0.15, -0.1) is 0 Å². The topological polar surface area (TPSA) is 75.6 Å². The number of hydrogen-bond donors (Lipinski definition) is 2. The lowest BCUT2D eigenvalue weighted by Gasteiger charge is -2.18. The van der Waals surface area contributed by atoms with Crippen molar-refractivity contribution in [2.75, 3.05) is 13.2 Å². The van der Waals surface area contributed by atoms with E-state index in [4.69, 9.17) is 9.84 Å². The van der Waals surface area contributed by atoms with Crippen LogP contribution in [0, 0.1) is 0 Å². The number of rotatable bonds is 11. The molecule has 0 aliphatic rings. The standard InChI is InChI=1S/C26H27NO4/c28-25(19-31-23-14-11-20(12-15-23)13-16-26(29)30)27-18-17-24(21-7-3-1-4-8-21)22-9-5-2-6-10-22/h1-12,14-15,24H,13,16-19H2,(H,27,28)(H,29,30). The fourth-order valence-electron chi connectivity index (χ4n) is 3.46. The Labute approximate surface area is 182 Å². The van der Waals surface area contributed by atoms with Crippen molar-refractivity contribution >= 4 is 11.9 Å². The number of carboxylic acid groups (broad SMARTS) is 1. The van der Waals surface area contributed by atoms with Gasteiger partial charge in [0.05, 0.1) is 0 Å². The fourth-order valence-corrected chi connectivity index (χ4v) is 3.46. The first-order chi connectivity index (χ1) is 15.1. The lowest BCUT2D eigenvalue weighted by atomic mass is 9.88. The monoisotopic (exact) mass is 417 g/mol. The summed E-state index contributed by atoms with van der Waals surface area (Å²) in [4.78, 5) is 22.9. The first-order valence-corrected chi connectivity index (χ1v) is 10.4. The van der Waals surface area contributed by atoms with Crippen LogP contribution < -0.4 is 10.1 Å². The smallest absolute Gasteiger partial charge is 0.303 e. The number of nitrogens with one attached hydrogen (secondary N) is 1. The van der Waals surface area contributed by atoms with Gasteiger partial charge >= 0.3 is 5.97 Å². The van der Waals surface area contributed by atoms with Crippen LogP contribution in [0.25, 0.3) is 0 Å². The lowest BCUT2D eigenvalue weighted by molar-refractivity contribution is -0.137. The first-order valence-electron chi connectivity index (χ1n) is 10.4. The molecule has 0 radical (unpaired) electrons. The number of aryl methyl sites for hydroxylation is 1. The van der Waals surface area contributed by atoms with E-state index in [1.165, 1.54) is 11.1 Å². The Morgan fingerprint density at radius 1 is 0.839 bits per heavy atom. The molecule has 0 heterocycles. The average Bonchev–Trinajstić information content (AvgIpc) is 2.81. The molecule has 5 heteroatoms. The number of ether oxygens (including phenoxy) is 1. The summed E-state index contributed by atoms with van der Waals surface area (Å²) < 4.78 is 5.55. The van der Waals surface area contributed by atoms with E-state index in [9.17, 15) is 9.59 Å². The third-order valence-electron chi connectivity index (χ3n) is 5.08. The Morgan fingerprint density at radius 2 is 1.42 bits per heavy atom. The number of carbonyl (C=O) groups excluding carboxylic acids is 1. The number of carbonyl (C=O) groups is 2. The molecule has 0 saturated carbocycles. The van der Waals surface area contributed by atoms with Crippen LogP contribution in [0.4, 0.5) is 0 Å². The van der Waals surface area contributed by atoms with Crippen LogP contribution in [0.1, 0.15) is 35.4 Å². The summed E-state index contributed by atoms with van der Waals surface area (Å²) in [7, 11) is 0. The summed E-state index contributed by atoms with van der Waals surface area (Å²) in [6.45, 7) is 0.487. The molecule has 2 N–H and O–H groups in total. The highest BCUT2D eigenvalue weighted by atomic mass is 16.5. The summed E-state index contributed by atoms with van der Waals surface area (Å²) in [6.07, 6.45) is 1.35. The van der Waals surface area contributed by atoms with Gasteiger partial charge in [0.15, 0.2) is 6.61 Å². The lowest BCUT2D eigenvalue weighted by Crippen LogP contribution is -2.30. The van der Waals surface area contributed by atoms with Gasteiger partial charge in [-0.2, -0.15) is 0 Å². The van der Waals surface area contributed by atoms with Crippen molar-refractivity contribution in [3.63, 3.8) is 0 Å². The van der Waals surface area contributed by atoms with Crippen LogP contribution in [0.15, 0.2) is 84.9 Å². The number of benzene rings is 3. The molecule has 0 aliphatic carbocycles. The molecule has 0 bridgehead atoms. The van der Waals surface area contributed by atoms with Crippen LogP contribution >= 0.6 is 0 Å². The predicted molar refractivity (Wildman–Crippen MR) is 120 cm³/mol. The predicted octanol–water partition coefficient (Wildman–Crippen LogP) is 4.42. The van der Waals surface area contributed by atoms with Crippen molar-refractivity contribution in [1.29, 1.82) is 0 Å². The summed E-state index contributed by atoms with van der Waals surface area (Å²) in [5, 5.41) is 11.7. The van der Waals surface area contributed by atoms with Crippen LogP contribution in [0.2, 0.25) is 0 Å². The van der Waals surface area contributed by atoms with Gasteiger partial charge in [-0.3, -0.25) is 9.59 Å². The van der Waals surface area contributed by atoms with Gasteiger partial charge in [0.2, 0.25) is 0 Å². The highest BCUT2D eigenvalue weighted by Crippen LogP contribution is 2.27. The number of aliphatic carboxylic acids is 1. The summed E-state index contributed by atoms with van der Waals surface area (Å²) in [6, 6.07) is 27.7. The average molecular weight is 418 g/mol. The maximum absolute atomic E-state index is 12.2. The van der Waals surface area contributed by atoms with Crippen molar-refractivity contribution in [3.05, 3.63) is 102 Å². The van der Waals surface area contributed by atoms with E-state index in [0.717, 1.165) is 12.0 Å². The van der Waals surface area contributed by atoms with Gasteiger partial charge < -0.3 is 15.2 Å². The van der Waals surface area contributed by atoms with Crippen molar-refractivity contribution < 1.29 is 19.4 Å². The summed E-state index contributed by atoms with van der Waals surface area (Å²) in [5.74, 6) is -0.198. The van der Waals surface area contributed by atoms with Crippen molar-refractivity contribution in [3.8, 4) is 5.75 Å². The number of hydrogen-bond acceptors (Lipinski definition) is 3. The molecule has 0 atom stereocenters. The Bertz CT molecular complexity index is 916. The maximum Gasteiger partial charge on any atom is 0.303 e. The largest absolute Gasteiger partial charge is 0.484 e. The minimum absolute atomic E-state index is 0.0597. The summed E-state index contributed by atoms with van der Waals surface area (Å²) >= 11 is 0. The van der Waals surface area contributed by atoms with Crippen molar-refractivity contribution in [2.45, 2.75) is 25.2 Å². The van der Waals surface area contributed by atoms with Gasteiger partial charge in [-0.05, 0) is 41.7 Å². The van der Waals surface area contributed by atoms with Gasteiger partial charge in [0, 0.05) is 18.9 Å². The van der Waals surface area contributed by atoms with Gasteiger partial charge in [-0.1, -0.05) is 72.8 Å². The van der Waals surface area contributed by atoms with Crippen LogP contribution in [-0.4, -0.2) is 30.1 Å². The Hall–Kier alpha value is -3.60. The van der Waals surface area contributed by atoms with E-state index >= 15 is 0 Å². The molecule has 0 unspecified atom stereocenters. The summed E-state index contributed by atoms with van der Waals surface area (Å²) in [5.41, 5.74) is 3.37. The highest BCUT2D eigenvalue weighted by Gasteiger charge is 2.14. The molecule has 0 saturated heterocycles. The first kappa shape index (κ1) is 22.1. The number of amides is 1. The molecule has 31 heavy (non-hydrogen) atoms. The molecule has 3 aromatic carbocycles. The van der Waals surface area contributed by atoms with E-state index < -0.39 is 5.97 Å². The van der Waals surface area contributed by atoms with E-state index in [2.05, 4.69) is 29.6 Å². The molecule has 0 fully saturated rings. The molecule has 160 valence electrons. The third-order valence-corrected chi connectivity index (χ3v) is 5.08. The van der Waals surface area contributed by atoms with Gasteiger partial charge in [0.25, 0.3) is 5.91 Å². The second-order valence-electron chi connectivity index (χ2n) is 7.34. The van der Waals surface area contributed by atoms with E-state index in [-0.39, 0.29) is 24.9 Å². The molecule has 3 rings (SSSR count). The zero-order valence-corrected chi connectivity index (χ0v) is 17.4. The minimum atomic E-state index is -0.821. The Balaban J connectivity index is 1.47. The Morgan fingerprint density at radius 3 is 1.97 bits per heavy atom. The highest BCUT2D eigenvalue weighted by molar-refractivity contribution is 5.77. The zero-order valence-electron chi connectivity index (χ0n) is 17.4. The molecule has 5 nitrogen and oxygen atoms in total. The SMILES string of the molecule is O=C(O)CCc1ccc(OCC(=O)NCCC(c2ccccc2)c2ccccc2)cc1. The second-order valence-corrected chi connectivity index (χ2v) is 7.34. The maximum atomic E-state index is 12.2. The zero-order chi connectivity index (χ0) is 21.9. The minimum Gasteiger partial charge on any atom is -0.484 e. The number of carboxylic acids is 1. The normalized spacial score (nSPS) is 10.6. The molecular weight excluding hydrogens is 390 g/mol.